The molecule has 8 heteroatoms. The van der Waals surface area contributed by atoms with Gasteiger partial charge in [-0.3, -0.25) is 14.9 Å². The Kier molecular flexibility index (Phi) is 6.82. The standard InChI is InChI=1S/C29H20BrClN2O4/c1-17-6-12-21(14-25(17)31)33-28(35)24(27(34)32-29(33)36)15-23-22-5-3-2-4-19(22)9-13-26(23)37-16-18-7-10-20(30)11-8-18/h2-15H,16H2,1H3,(H,32,34,36)/b24-15+. The number of hydrogen-bond acceptors (Lipinski definition) is 4. The molecule has 0 unspecified atom stereocenters. The van der Waals surface area contributed by atoms with Crippen molar-refractivity contribution in [1.82, 2.24) is 5.32 Å². The molecule has 1 fully saturated rings. The van der Waals surface area contributed by atoms with Crippen molar-refractivity contribution in [1.29, 1.82) is 0 Å². The number of urea groups is 1. The van der Waals surface area contributed by atoms with Crippen molar-refractivity contribution in [2.75, 3.05) is 4.90 Å². The van der Waals surface area contributed by atoms with Gasteiger partial charge in [-0.1, -0.05) is 76.1 Å². The molecule has 184 valence electrons. The Labute approximate surface area is 226 Å². The summed E-state index contributed by atoms with van der Waals surface area (Å²) in [5, 5.41) is 4.37. The van der Waals surface area contributed by atoms with Crippen LogP contribution >= 0.6 is 27.5 Å². The molecule has 4 amide bonds. The molecule has 1 N–H and O–H groups in total. The quantitative estimate of drug-likeness (QED) is 0.210. The number of carbonyl (C=O) groups is 3. The fraction of sp³-hybridized carbons (Fsp3) is 0.0690. The minimum Gasteiger partial charge on any atom is -0.488 e. The highest BCUT2D eigenvalue weighted by molar-refractivity contribution is 9.10. The van der Waals surface area contributed by atoms with Crippen molar-refractivity contribution in [3.05, 3.63) is 111 Å². The van der Waals surface area contributed by atoms with Crippen LogP contribution in [0.4, 0.5) is 10.5 Å². The van der Waals surface area contributed by atoms with Crippen molar-refractivity contribution in [3.8, 4) is 5.75 Å². The van der Waals surface area contributed by atoms with E-state index in [4.69, 9.17) is 16.3 Å². The summed E-state index contributed by atoms with van der Waals surface area (Å²) < 4.78 is 7.11. The number of aryl methyl sites for hydroxylation is 1. The summed E-state index contributed by atoms with van der Waals surface area (Å²) >= 11 is 9.66. The van der Waals surface area contributed by atoms with E-state index in [9.17, 15) is 14.4 Å². The van der Waals surface area contributed by atoms with Crippen LogP contribution in [0.15, 0.2) is 88.9 Å². The van der Waals surface area contributed by atoms with Crippen LogP contribution in [0.1, 0.15) is 16.7 Å². The molecule has 1 aliphatic rings. The van der Waals surface area contributed by atoms with E-state index in [1.54, 1.807) is 12.1 Å². The predicted octanol–water partition coefficient (Wildman–Crippen LogP) is 6.81. The van der Waals surface area contributed by atoms with Gasteiger partial charge in [0.1, 0.15) is 17.9 Å². The van der Waals surface area contributed by atoms with Crippen LogP contribution in [-0.4, -0.2) is 17.8 Å². The summed E-state index contributed by atoms with van der Waals surface area (Å²) in [6.45, 7) is 2.10. The summed E-state index contributed by atoms with van der Waals surface area (Å²) in [7, 11) is 0. The maximum absolute atomic E-state index is 13.5. The predicted molar refractivity (Wildman–Crippen MR) is 148 cm³/mol. The van der Waals surface area contributed by atoms with Gasteiger partial charge in [0.25, 0.3) is 11.8 Å². The molecule has 5 rings (SSSR count). The van der Waals surface area contributed by atoms with Gasteiger partial charge in [0.15, 0.2) is 0 Å². The number of nitrogens with zero attached hydrogens (tertiary/aromatic N) is 1. The van der Waals surface area contributed by atoms with Crippen LogP contribution in [0, 0.1) is 6.92 Å². The van der Waals surface area contributed by atoms with Gasteiger partial charge in [-0.05, 0) is 65.2 Å². The van der Waals surface area contributed by atoms with Crippen LogP contribution in [0.5, 0.6) is 5.75 Å². The molecule has 37 heavy (non-hydrogen) atoms. The lowest BCUT2D eigenvalue weighted by Crippen LogP contribution is -2.54. The Morgan fingerprint density at radius 3 is 2.49 bits per heavy atom. The molecule has 1 heterocycles. The summed E-state index contributed by atoms with van der Waals surface area (Å²) in [6.07, 6.45) is 1.48. The molecule has 0 radical (unpaired) electrons. The Morgan fingerprint density at radius 1 is 0.973 bits per heavy atom. The number of benzene rings is 4. The maximum atomic E-state index is 13.5. The number of imide groups is 2. The molecule has 0 bridgehead atoms. The molecule has 0 spiro atoms. The van der Waals surface area contributed by atoms with Gasteiger partial charge in [0.2, 0.25) is 0 Å². The smallest absolute Gasteiger partial charge is 0.335 e. The number of fused-ring (bicyclic) bond motifs is 1. The fourth-order valence-corrected chi connectivity index (χ4v) is 4.49. The number of nitrogens with one attached hydrogen (secondary N) is 1. The van der Waals surface area contributed by atoms with Gasteiger partial charge in [-0.25, -0.2) is 9.69 Å². The molecule has 0 saturated carbocycles. The van der Waals surface area contributed by atoms with Crippen LogP contribution in [0.2, 0.25) is 5.02 Å². The average Bonchev–Trinajstić information content (AvgIpc) is 2.88. The number of rotatable bonds is 5. The number of amides is 4. The Hall–Kier alpha value is -3.94. The van der Waals surface area contributed by atoms with E-state index in [1.807, 2.05) is 67.6 Å². The van der Waals surface area contributed by atoms with E-state index in [0.717, 1.165) is 31.3 Å². The van der Waals surface area contributed by atoms with Gasteiger partial charge >= 0.3 is 6.03 Å². The zero-order valence-corrected chi connectivity index (χ0v) is 22.0. The van der Waals surface area contributed by atoms with E-state index in [1.165, 1.54) is 12.1 Å². The molecule has 4 aromatic carbocycles. The number of barbiturate groups is 1. The first-order chi connectivity index (χ1) is 17.8. The van der Waals surface area contributed by atoms with Crippen molar-refractivity contribution < 1.29 is 19.1 Å². The number of ether oxygens (including phenoxy) is 1. The van der Waals surface area contributed by atoms with E-state index in [0.29, 0.717) is 16.3 Å². The van der Waals surface area contributed by atoms with Crippen molar-refractivity contribution in [3.63, 3.8) is 0 Å². The number of anilines is 1. The first-order valence-electron chi connectivity index (χ1n) is 11.4. The van der Waals surface area contributed by atoms with E-state index in [-0.39, 0.29) is 17.9 Å². The number of halogens is 2. The maximum Gasteiger partial charge on any atom is 0.335 e. The molecular formula is C29H20BrClN2O4. The summed E-state index contributed by atoms with van der Waals surface area (Å²) in [5.74, 6) is -1.03. The third kappa shape index (κ3) is 5.01. The minimum absolute atomic E-state index is 0.193. The first-order valence-corrected chi connectivity index (χ1v) is 12.6. The molecule has 0 atom stereocenters. The summed E-state index contributed by atoms with van der Waals surface area (Å²) in [5.41, 5.74) is 2.38. The van der Waals surface area contributed by atoms with Crippen LogP contribution in [-0.2, 0) is 16.2 Å². The number of carbonyl (C=O) groups excluding carboxylic acids is 3. The monoisotopic (exact) mass is 574 g/mol. The minimum atomic E-state index is -0.836. The normalized spacial score (nSPS) is 14.8. The lowest BCUT2D eigenvalue weighted by molar-refractivity contribution is -0.122. The lowest BCUT2D eigenvalue weighted by atomic mass is 9.99. The summed E-state index contributed by atoms with van der Waals surface area (Å²) in [6, 6.07) is 23.1. The molecule has 0 aromatic heterocycles. The highest BCUT2D eigenvalue weighted by atomic mass is 79.9. The second kappa shape index (κ2) is 10.2. The van der Waals surface area contributed by atoms with Gasteiger partial charge in [-0.2, -0.15) is 0 Å². The van der Waals surface area contributed by atoms with Crippen molar-refractivity contribution >= 4 is 67.9 Å². The fourth-order valence-electron chi connectivity index (χ4n) is 4.05. The molecule has 0 aliphatic carbocycles. The zero-order chi connectivity index (χ0) is 26.1. The topological polar surface area (TPSA) is 75.7 Å². The van der Waals surface area contributed by atoms with Crippen LogP contribution < -0.4 is 15.0 Å². The highest BCUT2D eigenvalue weighted by Gasteiger charge is 2.37. The zero-order valence-electron chi connectivity index (χ0n) is 19.6. The SMILES string of the molecule is Cc1ccc(N2C(=O)NC(=O)/C(=C\c3c(OCc4ccc(Br)cc4)ccc4ccccc34)C2=O)cc1Cl. The largest absolute Gasteiger partial charge is 0.488 e. The average molecular weight is 576 g/mol. The molecule has 1 aliphatic heterocycles. The Balaban J connectivity index is 1.58. The van der Waals surface area contributed by atoms with Gasteiger partial charge < -0.3 is 4.74 Å². The lowest BCUT2D eigenvalue weighted by Gasteiger charge is -2.27. The highest BCUT2D eigenvalue weighted by Crippen LogP contribution is 2.33. The molecule has 4 aromatic rings. The van der Waals surface area contributed by atoms with E-state index < -0.39 is 17.8 Å². The summed E-state index contributed by atoms with van der Waals surface area (Å²) in [4.78, 5) is 39.9. The molecule has 1 saturated heterocycles. The van der Waals surface area contributed by atoms with Crippen LogP contribution in [0.3, 0.4) is 0 Å². The van der Waals surface area contributed by atoms with Gasteiger partial charge in [0, 0.05) is 15.1 Å². The first kappa shape index (κ1) is 24.7. The third-order valence-corrected chi connectivity index (χ3v) is 6.98. The van der Waals surface area contributed by atoms with Crippen molar-refractivity contribution in [2.24, 2.45) is 0 Å². The molecule has 6 nitrogen and oxygen atoms in total. The number of hydrogen-bond donors (Lipinski definition) is 1. The Morgan fingerprint density at radius 2 is 1.73 bits per heavy atom. The van der Waals surface area contributed by atoms with Gasteiger partial charge in [0.05, 0.1) is 5.69 Å². The second-order valence-electron chi connectivity index (χ2n) is 8.50. The van der Waals surface area contributed by atoms with E-state index in [2.05, 4.69) is 21.2 Å². The van der Waals surface area contributed by atoms with Crippen LogP contribution in [0.25, 0.3) is 16.8 Å². The second-order valence-corrected chi connectivity index (χ2v) is 9.83. The molecular weight excluding hydrogens is 556 g/mol. The third-order valence-electron chi connectivity index (χ3n) is 6.04. The van der Waals surface area contributed by atoms with E-state index >= 15 is 0 Å². The van der Waals surface area contributed by atoms with Gasteiger partial charge in [-0.15, -0.1) is 0 Å². The van der Waals surface area contributed by atoms with Crippen molar-refractivity contribution in [2.45, 2.75) is 13.5 Å². The Bertz CT molecular complexity index is 1600.